The fourth-order valence-electron chi connectivity index (χ4n) is 3.34. The summed E-state index contributed by atoms with van der Waals surface area (Å²) in [5.74, 6) is -0.409. The van der Waals surface area contributed by atoms with Crippen LogP contribution >= 0.6 is 0 Å². The molecule has 1 N–H and O–H groups in total. The number of nitrogens with one attached hydrogen (secondary N) is 1. The highest BCUT2D eigenvalue weighted by Gasteiger charge is 2.35. The number of carbonyl (C=O) groups is 2. The molecule has 124 valence electrons. The van der Waals surface area contributed by atoms with Gasteiger partial charge in [-0.3, -0.25) is 9.59 Å². The van der Waals surface area contributed by atoms with Crippen LogP contribution in [0.25, 0.3) is 0 Å². The Hall–Kier alpha value is -2.62. The summed E-state index contributed by atoms with van der Waals surface area (Å²) in [4.78, 5) is 26.6. The Morgan fingerprint density at radius 2 is 1.71 bits per heavy atom. The van der Waals surface area contributed by atoms with Gasteiger partial charge in [-0.1, -0.05) is 35.9 Å². The van der Waals surface area contributed by atoms with Crippen molar-refractivity contribution in [1.82, 2.24) is 0 Å². The second-order valence-corrected chi connectivity index (χ2v) is 6.50. The number of anilines is 2. The Kier molecular flexibility index (Phi) is 4.38. The van der Waals surface area contributed by atoms with Gasteiger partial charge in [0.2, 0.25) is 11.8 Å². The van der Waals surface area contributed by atoms with Gasteiger partial charge in [-0.05, 0) is 44.0 Å². The Morgan fingerprint density at radius 1 is 1.08 bits per heavy atom. The average molecular weight is 322 g/mol. The lowest BCUT2D eigenvalue weighted by molar-refractivity contribution is -0.122. The number of amides is 2. The first kappa shape index (κ1) is 16.2. The molecule has 2 amide bonds. The first-order chi connectivity index (χ1) is 11.5. The predicted octanol–water partition coefficient (Wildman–Crippen LogP) is 3.60. The number of carbonyl (C=O) groups excluding carboxylic acids is 2. The maximum Gasteiger partial charge on any atom is 0.229 e. The zero-order valence-corrected chi connectivity index (χ0v) is 14.3. The second-order valence-electron chi connectivity index (χ2n) is 6.50. The van der Waals surface area contributed by atoms with Crippen LogP contribution in [0.4, 0.5) is 11.4 Å². The molecule has 0 bridgehead atoms. The lowest BCUT2D eigenvalue weighted by Gasteiger charge is -2.17. The monoisotopic (exact) mass is 322 g/mol. The number of hydrogen-bond acceptors (Lipinski definition) is 2. The Labute approximate surface area is 142 Å². The molecule has 2 aromatic carbocycles. The van der Waals surface area contributed by atoms with Crippen molar-refractivity contribution < 1.29 is 9.59 Å². The van der Waals surface area contributed by atoms with E-state index in [-0.39, 0.29) is 24.2 Å². The topological polar surface area (TPSA) is 49.4 Å². The maximum absolute atomic E-state index is 12.6. The Bertz CT molecular complexity index is 760. The zero-order valence-electron chi connectivity index (χ0n) is 14.3. The van der Waals surface area contributed by atoms with Gasteiger partial charge in [0.1, 0.15) is 0 Å². The minimum atomic E-state index is -0.321. The molecule has 24 heavy (non-hydrogen) atoms. The van der Waals surface area contributed by atoms with Crippen LogP contribution in [0.5, 0.6) is 0 Å². The molecule has 4 nitrogen and oxygen atoms in total. The van der Waals surface area contributed by atoms with Gasteiger partial charge in [0.15, 0.2) is 0 Å². The molecule has 1 saturated heterocycles. The Balaban J connectivity index is 1.74. The van der Waals surface area contributed by atoms with E-state index in [9.17, 15) is 9.59 Å². The third-order valence-corrected chi connectivity index (χ3v) is 4.49. The van der Waals surface area contributed by atoms with Crippen LogP contribution in [0.3, 0.4) is 0 Å². The summed E-state index contributed by atoms with van der Waals surface area (Å²) in [6.45, 7) is 6.45. The summed E-state index contributed by atoms with van der Waals surface area (Å²) in [5.41, 5.74) is 4.97. The summed E-state index contributed by atoms with van der Waals surface area (Å²) in [6.07, 6.45) is 0.255. The molecule has 3 rings (SSSR count). The van der Waals surface area contributed by atoms with Gasteiger partial charge in [0.25, 0.3) is 0 Å². The molecule has 0 radical (unpaired) electrons. The highest BCUT2D eigenvalue weighted by atomic mass is 16.2. The van der Waals surface area contributed by atoms with Gasteiger partial charge < -0.3 is 10.2 Å². The van der Waals surface area contributed by atoms with Crippen LogP contribution in [0, 0.1) is 26.7 Å². The first-order valence-corrected chi connectivity index (χ1v) is 8.20. The number of para-hydroxylation sites is 1. The van der Waals surface area contributed by atoms with E-state index < -0.39 is 0 Å². The number of aryl methyl sites for hydroxylation is 3. The molecule has 0 spiro atoms. The van der Waals surface area contributed by atoms with Gasteiger partial charge in [-0.15, -0.1) is 0 Å². The highest BCUT2D eigenvalue weighted by Crippen LogP contribution is 2.27. The van der Waals surface area contributed by atoms with Crippen LogP contribution in [-0.4, -0.2) is 18.4 Å². The average Bonchev–Trinajstić information content (AvgIpc) is 2.93. The molecule has 1 fully saturated rings. The van der Waals surface area contributed by atoms with Crippen molar-refractivity contribution in [1.29, 1.82) is 0 Å². The van der Waals surface area contributed by atoms with Crippen molar-refractivity contribution in [3.63, 3.8) is 0 Å². The molecular formula is C20H22N2O2. The standard InChI is InChI=1S/C20H22N2O2/c1-13-9-14(2)19(15(3)10-13)21-20(24)16-11-18(23)22(12-16)17-7-5-4-6-8-17/h4-10,16H,11-12H2,1-3H3,(H,21,24)/t16-/m1/s1. The molecule has 2 aromatic rings. The van der Waals surface area contributed by atoms with Crippen LogP contribution in [-0.2, 0) is 9.59 Å². The van der Waals surface area contributed by atoms with E-state index in [0.29, 0.717) is 6.54 Å². The molecule has 1 atom stereocenters. The van der Waals surface area contributed by atoms with Gasteiger partial charge in [-0.2, -0.15) is 0 Å². The van der Waals surface area contributed by atoms with E-state index in [4.69, 9.17) is 0 Å². The van der Waals surface area contributed by atoms with E-state index in [1.165, 1.54) is 5.56 Å². The Morgan fingerprint density at radius 3 is 2.33 bits per heavy atom. The SMILES string of the molecule is Cc1cc(C)c(NC(=O)[C@@H]2CC(=O)N(c3ccccc3)C2)c(C)c1. The smallest absolute Gasteiger partial charge is 0.229 e. The summed E-state index contributed by atoms with van der Waals surface area (Å²) in [6, 6.07) is 13.6. The van der Waals surface area contributed by atoms with Gasteiger partial charge in [-0.25, -0.2) is 0 Å². The van der Waals surface area contributed by atoms with Crippen molar-refractivity contribution in [2.75, 3.05) is 16.8 Å². The second kappa shape index (κ2) is 6.48. The number of hydrogen-bond donors (Lipinski definition) is 1. The van der Waals surface area contributed by atoms with Gasteiger partial charge in [0.05, 0.1) is 5.92 Å². The molecule has 1 aliphatic rings. The predicted molar refractivity (Wildman–Crippen MR) is 96.2 cm³/mol. The van der Waals surface area contributed by atoms with E-state index in [0.717, 1.165) is 22.5 Å². The summed E-state index contributed by atoms with van der Waals surface area (Å²) in [7, 11) is 0. The van der Waals surface area contributed by atoms with E-state index in [1.54, 1.807) is 4.90 Å². The highest BCUT2D eigenvalue weighted by molar-refractivity contribution is 6.03. The third-order valence-electron chi connectivity index (χ3n) is 4.49. The molecule has 0 unspecified atom stereocenters. The van der Waals surface area contributed by atoms with Crippen LogP contribution in [0.1, 0.15) is 23.1 Å². The van der Waals surface area contributed by atoms with Crippen molar-refractivity contribution >= 4 is 23.2 Å². The molecule has 1 heterocycles. The number of benzene rings is 2. The molecule has 0 aromatic heterocycles. The maximum atomic E-state index is 12.6. The molecular weight excluding hydrogens is 300 g/mol. The fourth-order valence-corrected chi connectivity index (χ4v) is 3.34. The van der Waals surface area contributed by atoms with E-state index in [2.05, 4.69) is 17.4 Å². The molecule has 4 heteroatoms. The number of rotatable bonds is 3. The normalized spacial score (nSPS) is 17.2. The zero-order chi connectivity index (χ0) is 17.3. The minimum Gasteiger partial charge on any atom is -0.325 e. The van der Waals surface area contributed by atoms with E-state index >= 15 is 0 Å². The molecule has 0 saturated carbocycles. The molecule has 1 aliphatic heterocycles. The summed E-state index contributed by atoms with van der Waals surface area (Å²) >= 11 is 0. The summed E-state index contributed by atoms with van der Waals surface area (Å²) in [5, 5.41) is 3.02. The fraction of sp³-hybridized carbons (Fsp3) is 0.300. The van der Waals surface area contributed by atoms with E-state index in [1.807, 2.05) is 51.1 Å². The lowest BCUT2D eigenvalue weighted by Crippen LogP contribution is -2.28. The van der Waals surface area contributed by atoms with Crippen LogP contribution in [0.2, 0.25) is 0 Å². The van der Waals surface area contributed by atoms with Gasteiger partial charge >= 0.3 is 0 Å². The summed E-state index contributed by atoms with van der Waals surface area (Å²) < 4.78 is 0. The van der Waals surface area contributed by atoms with Crippen molar-refractivity contribution in [3.05, 3.63) is 59.2 Å². The van der Waals surface area contributed by atoms with Gasteiger partial charge in [0, 0.05) is 24.3 Å². The largest absolute Gasteiger partial charge is 0.325 e. The minimum absolute atomic E-state index is 0.00120. The number of nitrogens with zero attached hydrogens (tertiary/aromatic N) is 1. The van der Waals surface area contributed by atoms with Crippen molar-refractivity contribution in [2.24, 2.45) is 5.92 Å². The first-order valence-electron chi connectivity index (χ1n) is 8.20. The quantitative estimate of drug-likeness (QED) is 0.938. The lowest BCUT2D eigenvalue weighted by atomic mass is 10.0. The van der Waals surface area contributed by atoms with Crippen molar-refractivity contribution in [3.8, 4) is 0 Å². The van der Waals surface area contributed by atoms with Crippen LogP contribution in [0.15, 0.2) is 42.5 Å². The third kappa shape index (κ3) is 3.18. The van der Waals surface area contributed by atoms with Crippen molar-refractivity contribution in [2.45, 2.75) is 27.2 Å². The van der Waals surface area contributed by atoms with Crippen LogP contribution < -0.4 is 10.2 Å². The molecule has 0 aliphatic carbocycles.